The summed E-state index contributed by atoms with van der Waals surface area (Å²) in [5.41, 5.74) is 2.64. The molecule has 0 bridgehead atoms. The van der Waals surface area contributed by atoms with Crippen LogP contribution in [0.3, 0.4) is 0 Å². The maximum atomic E-state index is 14.2. The molecule has 0 spiro atoms. The second kappa shape index (κ2) is 6.63. The van der Waals surface area contributed by atoms with Crippen molar-refractivity contribution in [1.29, 1.82) is 0 Å². The molecule has 4 aliphatic carbocycles. The Kier molecular flexibility index (Phi) is 4.40. The van der Waals surface area contributed by atoms with E-state index in [1.54, 1.807) is 18.2 Å². The Balaban J connectivity index is 1.49. The molecule has 3 saturated carbocycles. The number of halogens is 1. The molecule has 3 heteroatoms. The molecule has 0 amide bonds. The molecule has 154 valence electrons. The second-order valence-corrected chi connectivity index (χ2v) is 10.3. The molecular weight excluding hydrogens is 363 g/mol. The van der Waals surface area contributed by atoms with E-state index in [-0.39, 0.29) is 28.5 Å². The topological polar surface area (TPSA) is 37.3 Å². The number of ketones is 1. The van der Waals surface area contributed by atoms with E-state index >= 15 is 0 Å². The summed E-state index contributed by atoms with van der Waals surface area (Å²) in [6.45, 7) is 4.56. The highest BCUT2D eigenvalue weighted by molar-refractivity contribution is 6.06. The number of carbonyl (C=O) groups is 1. The van der Waals surface area contributed by atoms with Gasteiger partial charge in [-0.15, -0.1) is 0 Å². The van der Waals surface area contributed by atoms with E-state index in [0.29, 0.717) is 23.3 Å². The molecular formula is C26H31FO2. The van der Waals surface area contributed by atoms with Crippen LogP contribution < -0.4 is 0 Å². The number of rotatable bonds is 1. The minimum atomic E-state index is -0.311. The number of fused-ring (bicyclic) bond motifs is 5. The second-order valence-electron chi connectivity index (χ2n) is 10.3. The Hall–Kier alpha value is -1.74. The SMILES string of the molecule is C[C@@]12CC[C@H]3[C@@H](CC=C4C[C@@H](O)CC[C@]43C)[C@H]1CC(=Cc1ccccc1F)C2=O. The molecule has 6 atom stereocenters. The molecule has 4 aliphatic rings. The maximum Gasteiger partial charge on any atom is 0.165 e. The largest absolute Gasteiger partial charge is 0.393 e. The van der Waals surface area contributed by atoms with Gasteiger partial charge in [-0.3, -0.25) is 4.79 Å². The van der Waals surface area contributed by atoms with E-state index in [1.807, 2.05) is 6.07 Å². The van der Waals surface area contributed by atoms with Crippen LogP contribution >= 0.6 is 0 Å². The smallest absolute Gasteiger partial charge is 0.165 e. The first-order chi connectivity index (χ1) is 13.8. The van der Waals surface area contributed by atoms with E-state index in [1.165, 1.54) is 11.6 Å². The number of Topliss-reactive ketones (excluding diaryl/α,β-unsaturated/α-hetero) is 1. The van der Waals surface area contributed by atoms with Crippen molar-refractivity contribution in [3.05, 3.63) is 52.9 Å². The number of aliphatic hydroxyl groups is 1. The molecule has 2 nitrogen and oxygen atoms in total. The van der Waals surface area contributed by atoms with Crippen LogP contribution in [0.1, 0.15) is 64.4 Å². The number of hydrogen-bond donors (Lipinski definition) is 1. The molecule has 5 rings (SSSR count). The highest BCUT2D eigenvalue weighted by atomic mass is 19.1. The fourth-order valence-corrected chi connectivity index (χ4v) is 7.22. The molecule has 0 unspecified atom stereocenters. The Morgan fingerprint density at radius 2 is 1.83 bits per heavy atom. The monoisotopic (exact) mass is 394 g/mol. The van der Waals surface area contributed by atoms with Crippen molar-refractivity contribution in [3.63, 3.8) is 0 Å². The molecule has 1 aromatic carbocycles. The van der Waals surface area contributed by atoms with Crippen molar-refractivity contribution < 1.29 is 14.3 Å². The fourth-order valence-electron chi connectivity index (χ4n) is 7.22. The van der Waals surface area contributed by atoms with Crippen molar-refractivity contribution in [3.8, 4) is 0 Å². The molecule has 3 fully saturated rings. The van der Waals surface area contributed by atoms with E-state index in [9.17, 15) is 14.3 Å². The number of carbonyl (C=O) groups excluding carboxylic acids is 1. The first-order valence-electron chi connectivity index (χ1n) is 11.2. The number of allylic oxidation sites excluding steroid dienone is 2. The van der Waals surface area contributed by atoms with Gasteiger partial charge in [0.1, 0.15) is 5.82 Å². The lowest BCUT2D eigenvalue weighted by atomic mass is 9.48. The average molecular weight is 395 g/mol. The van der Waals surface area contributed by atoms with Crippen molar-refractivity contribution in [1.82, 2.24) is 0 Å². The molecule has 29 heavy (non-hydrogen) atoms. The van der Waals surface area contributed by atoms with Crippen molar-refractivity contribution in [2.75, 3.05) is 0 Å². The van der Waals surface area contributed by atoms with Gasteiger partial charge in [0.15, 0.2) is 5.78 Å². The summed E-state index contributed by atoms with van der Waals surface area (Å²) >= 11 is 0. The molecule has 0 saturated heterocycles. The zero-order valence-electron chi connectivity index (χ0n) is 17.5. The standard InChI is InChI=1S/C26H31FO2/c1-25-11-9-19(28)15-18(25)7-8-20-21(25)10-12-26(2)22(20)14-17(24(26)29)13-16-5-3-4-6-23(16)27/h3-7,13,19-22,28H,8-12,14-15H2,1-2H3/t19-,20+,21-,22+,25+,26+/m0/s1. The fraction of sp³-hybridized carbons (Fsp3) is 0.577. The van der Waals surface area contributed by atoms with Gasteiger partial charge in [-0.1, -0.05) is 43.7 Å². The summed E-state index contributed by atoms with van der Waals surface area (Å²) in [6, 6.07) is 6.73. The Labute approximate surface area is 172 Å². The van der Waals surface area contributed by atoms with Crippen molar-refractivity contribution in [2.24, 2.45) is 28.6 Å². The first-order valence-corrected chi connectivity index (χ1v) is 11.2. The Bertz CT molecular complexity index is 915. The number of benzene rings is 1. The van der Waals surface area contributed by atoms with E-state index in [4.69, 9.17) is 0 Å². The van der Waals surface area contributed by atoms with E-state index in [0.717, 1.165) is 50.5 Å². The minimum absolute atomic E-state index is 0.171. The van der Waals surface area contributed by atoms with E-state index < -0.39 is 0 Å². The Morgan fingerprint density at radius 3 is 2.62 bits per heavy atom. The molecule has 0 heterocycles. The summed E-state index contributed by atoms with van der Waals surface area (Å²) < 4.78 is 14.2. The lowest BCUT2D eigenvalue weighted by Gasteiger charge is -2.56. The third-order valence-corrected chi connectivity index (χ3v) is 8.95. The quantitative estimate of drug-likeness (QED) is 0.489. The predicted molar refractivity (Wildman–Crippen MR) is 112 cm³/mol. The lowest BCUT2D eigenvalue weighted by Crippen LogP contribution is -2.50. The molecule has 1 aromatic rings. The van der Waals surface area contributed by atoms with Crippen LogP contribution in [0.4, 0.5) is 4.39 Å². The average Bonchev–Trinajstić information content (AvgIpc) is 2.95. The summed E-state index contributed by atoms with van der Waals surface area (Å²) in [6.07, 6.45) is 10.6. The molecule has 0 aliphatic heterocycles. The van der Waals surface area contributed by atoms with Crippen LogP contribution in [0.5, 0.6) is 0 Å². The van der Waals surface area contributed by atoms with Gasteiger partial charge in [0.2, 0.25) is 0 Å². The van der Waals surface area contributed by atoms with Gasteiger partial charge in [-0.05, 0) is 85.8 Å². The third kappa shape index (κ3) is 2.80. The van der Waals surface area contributed by atoms with Crippen LogP contribution in [0.2, 0.25) is 0 Å². The summed E-state index contributed by atoms with van der Waals surface area (Å²) in [4.78, 5) is 13.4. The lowest BCUT2D eigenvalue weighted by molar-refractivity contribution is -0.130. The van der Waals surface area contributed by atoms with E-state index in [2.05, 4.69) is 19.9 Å². The van der Waals surface area contributed by atoms with Gasteiger partial charge in [0, 0.05) is 11.0 Å². The van der Waals surface area contributed by atoms with Gasteiger partial charge in [-0.25, -0.2) is 4.39 Å². The minimum Gasteiger partial charge on any atom is -0.393 e. The summed E-state index contributed by atoms with van der Waals surface area (Å²) in [7, 11) is 0. The van der Waals surface area contributed by atoms with Crippen molar-refractivity contribution in [2.45, 2.75) is 64.9 Å². The molecule has 1 N–H and O–H groups in total. The van der Waals surface area contributed by atoms with Crippen LogP contribution in [-0.4, -0.2) is 17.0 Å². The van der Waals surface area contributed by atoms with Crippen molar-refractivity contribution >= 4 is 11.9 Å². The highest BCUT2D eigenvalue weighted by Gasteiger charge is 2.59. The van der Waals surface area contributed by atoms with Gasteiger partial charge in [0.25, 0.3) is 0 Å². The van der Waals surface area contributed by atoms with Crippen LogP contribution in [0.25, 0.3) is 6.08 Å². The zero-order chi connectivity index (χ0) is 20.4. The van der Waals surface area contributed by atoms with Crippen LogP contribution in [0.15, 0.2) is 41.5 Å². The summed E-state index contributed by atoms with van der Waals surface area (Å²) in [5, 5.41) is 10.2. The number of aliphatic hydroxyl groups excluding tert-OH is 1. The van der Waals surface area contributed by atoms with Crippen LogP contribution in [0, 0.1) is 34.4 Å². The first kappa shape index (κ1) is 19.2. The van der Waals surface area contributed by atoms with Gasteiger partial charge in [-0.2, -0.15) is 0 Å². The predicted octanol–water partition coefficient (Wildman–Crippen LogP) is 5.71. The highest BCUT2D eigenvalue weighted by Crippen LogP contribution is 2.64. The number of hydrogen-bond acceptors (Lipinski definition) is 2. The van der Waals surface area contributed by atoms with Gasteiger partial charge < -0.3 is 5.11 Å². The Morgan fingerprint density at radius 1 is 1.07 bits per heavy atom. The van der Waals surface area contributed by atoms with Crippen LogP contribution in [-0.2, 0) is 4.79 Å². The molecule has 0 radical (unpaired) electrons. The normalized spacial score (nSPS) is 42.8. The summed E-state index contributed by atoms with van der Waals surface area (Å²) in [5.74, 6) is 1.42. The molecule has 0 aromatic heterocycles. The van der Waals surface area contributed by atoms with Gasteiger partial charge in [0.05, 0.1) is 6.10 Å². The van der Waals surface area contributed by atoms with Gasteiger partial charge >= 0.3 is 0 Å². The zero-order valence-corrected chi connectivity index (χ0v) is 17.5. The maximum absolute atomic E-state index is 14.2. The third-order valence-electron chi connectivity index (χ3n) is 8.95.